The fourth-order valence-electron chi connectivity index (χ4n) is 4.32. The van der Waals surface area contributed by atoms with Crippen molar-refractivity contribution in [2.24, 2.45) is 0 Å². The van der Waals surface area contributed by atoms with Gasteiger partial charge in [-0.3, -0.25) is 4.79 Å². The molecule has 0 aliphatic rings. The molecule has 0 unspecified atom stereocenters. The summed E-state index contributed by atoms with van der Waals surface area (Å²) in [5.41, 5.74) is 5.05. The molecular formula is C29H32ClN3O2. The lowest BCUT2D eigenvalue weighted by atomic mass is 10.1. The Hall–Kier alpha value is -3.31. The summed E-state index contributed by atoms with van der Waals surface area (Å²) in [6.07, 6.45) is 3.85. The number of fused-ring (bicyclic) bond motifs is 1. The van der Waals surface area contributed by atoms with Gasteiger partial charge < -0.3 is 14.6 Å². The van der Waals surface area contributed by atoms with Gasteiger partial charge in [-0.2, -0.15) is 0 Å². The minimum atomic E-state index is 0.00260. The number of ether oxygens (including phenoxy) is 1. The van der Waals surface area contributed by atoms with E-state index >= 15 is 0 Å². The number of aromatic nitrogens is 2. The van der Waals surface area contributed by atoms with Gasteiger partial charge in [0.25, 0.3) is 5.91 Å². The Bertz CT molecular complexity index is 1300. The number of rotatable bonds is 11. The number of amides is 1. The highest BCUT2D eigenvalue weighted by atomic mass is 35.5. The number of carbonyl (C=O) groups is 1. The first-order valence-electron chi connectivity index (χ1n) is 12.2. The molecule has 0 radical (unpaired) electrons. The fourth-order valence-corrected chi connectivity index (χ4v) is 4.52. The van der Waals surface area contributed by atoms with Crippen molar-refractivity contribution in [1.29, 1.82) is 0 Å². The van der Waals surface area contributed by atoms with E-state index in [1.807, 2.05) is 74.5 Å². The summed E-state index contributed by atoms with van der Waals surface area (Å²) >= 11 is 6.22. The number of benzene rings is 3. The molecular weight excluding hydrogens is 458 g/mol. The second-order valence-corrected chi connectivity index (χ2v) is 9.24. The van der Waals surface area contributed by atoms with Gasteiger partial charge in [-0.15, -0.1) is 0 Å². The third-order valence-corrected chi connectivity index (χ3v) is 6.44. The van der Waals surface area contributed by atoms with Gasteiger partial charge in [0.2, 0.25) is 0 Å². The van der Waals surface area contributed by atoms with E-state index in [0.29, 0.717) is 30.5 Å². The summed E-state index contributed by atoms with van der Waals surface area (Å²) in [6.45, 7) is 5.91. The predicted molar refractivity (Wildman–Crippen MR) is 142 cm³/mol. The van der Waals surface area contributed by atoms with E-state index in [1.165, 1.54) is 5.56 Å². The first-order chi connectivity index (χ1) is 17.0. The van der Waals surface area contributed by atoms with E-state index in [1.54, 1.807) is 0 Å². The SMILES string of the molecule is Cc1ccc(C(=O)NCCCCCc2nc3ccccc3n2CCOc2ccccc2Cl)c(C)c1. The summed E-state index contributed by atoms with van der Waals surface area (Å²) < 4.78 is 8.17. The molecule has 35 heavy (non-hydrogen) atoms. The Morgan fingerprint density at radius 2 is 1.80 bits per heavy atom. The Labute approximate surface area is 212 Å². The highest BCUT2D eigenvalue weighted by Crippen LogP contribution is 2.24. The topological polar surface area (TPSA) is 56.2 Å². The van der Waals surface area contributed by atoms with E-state index in [4.69, 9.17) is 21.3 Å². The van der Waals surface area contributed by atoms with Crippen molar-refractivity contribution in [3.05, 3.63) is 94.3 Å². The molecule has 3 aromatic carbocycles. The number of nitrogens with zero attached hydrogens (tertiary/aromatic N) is 2. The first-order valence-corrected chi connectivity index (χ1v) is 12.6. The van der Waals surface area contributed by atoms with Crippen molar-refractivity contribution < 1.29 is 9.53 Å². The monoisotopic (exact) mass is 489 g/mol. The summed E-state index contributed by atoms with van der Waals surface area (Å²) in [5, 5.41) is 3.67. The molecule has 4 rings (SSSR count). The maximum Gasteiger partial charge on any atom is 0.251 e. The number of imidazole rings is 1. The van der Waals surface area contributed by atoms with Crippen LogP contribution in [0.25, 0.3) is 11.0 Å². The number of unbranched alkanes of at least 4 members (excludes halogenated alkanes) is 2. The number of hydrogen-bond acceptors (Lipinski definition) is 3. The summed E-state index contributed by atoms with van der Waals surface area (Å²) in [5.74, 6) is 1.76. The maximum atomic E-state index is 12.5. The highest BCUT2D eigenvalue weighted by molar-refractivity contribution is 6.32. The van der Waals surface area contributed by atoms with Crippen LogP contribution in [0.5, 0.6) is 5.75 Å². The van der Waals surface area contributed by atoms with Gasteiger partial charge >= 0.3 is 0 Å². The second-order valence-electron chi connectivity index (χ2n) is 8.83. The Morgan fingerprint density at radius 1 is 1.00 bits per heavy atom. The van der Waals surface area contributed by atoms with Crippen LogP contribution in [0, 0.1) is 13.8 Å². The van der Waals surface area contributed by atoms with Crippen molar-refractivity contribution >= 4 is 28.5 Å². The summed E-state index contributed by atoms with van der Waals surface area (Å²) in [6, 6.07) is 21.7. The third kappa shape index (κ3) is 6.43. The Morgan fingerprint density at radius 3 is 2.63 bits per heavy atom. The highest BCUT2D eigenvalue weighted by Gasteiger charge is 2.11. The molecule has 0 spiro atoms. The standard InChI is InChI=1S/C29H32ClN3O2/c1-21-15-16-23(22(2)20-21)29(34)31-17-9-3-4-14-28-32-25-11-6-7-12-26(25)33(28)18-19-35-27-13-8-5-10-24(27)30/h5-8,10-13,15-16,20H,3-4,9,14,17-19H2,1-2H3,(H,31,34). The number of aryl methyl sites for hydroxylation is 3. The van der Waals surface area contributed by atoms with Gasteiger partial charge in [-0.1, -0.05) is 60.0 Å². The molecule has 1 heterocycles. The summed E-state index contributed by atoms with van der Waals surface area (Å²) in [7, 11) is 0. The number of hydrogen-bond donors (Lipinski definition) is 1. The average Bonchev–Trinajstić information content (AvgIpc) is 3.19. The predicted octanol–water partition coefficient (Wildman–Crippen LogP) is 6.53. The quantitative estimate of drug-likeness (QED) is 0.244. The Kier molecular flexibility index (Phi) is 8.43. The maximum absolute atomic E-state index is 12.5. The van der Waals surface area contributed by atoms with Crippen LogP contribution >= 0.6 is 11.6 Å². The van der Waals surface area contributed by atoms with Crippen LogP contribution in [-0.2, 0) is 13.0 Å². The molecule has 5 nitrogen and oxygen atoms in total. The third-order valence-electron chi connectivity index (χ3n) is 6.13. The molecule has 1 aromatic heterocycles. The lowest BCUT2D eigenvalue weighted by Crippen LogP contribution is -2.25. The number of nitrogens with one attached hydrogen (secondary N) is 1. The van der Waals surface area contributed by atoms with Crippen molar-refractivity contribution in [1.82, 2.24) is 14.9 Å². The van der Waals surface area contributed by atoms with Gasteiger partial charge in [-0.05, 0) is 62.6 Å². The van der Waals surface area contributed by atoms with E-state index in [2.05, 4.69) is 16.0 Å². The molecule has 6 heteroatoms. The van der Waals surface area contributed by atoms with Gasteiger partial charge in [0.1, 0.15) is 18.2 Å². The zero-order valence-corrected chi connectivity index (χ0v) is 21.1. The molecule has 0 fully saturated rings. The minimum absolute atomic E-state index is 0.00260. The van der Waals surface area contributed by atoms with Gasteiger partial charge in [0.15, 0.2) is 0 Å². The smallest absolute Gasteiger partial charge is 0.251 e. The van der Waals surface area contributed by atoms with Crippen LogP contribution in [0.15, 0.2) is 66.7 Å². The lowest BCUT2D eigenvalue weighted by molar-refractivity contribution is 0.0952. The van der Waals surface area contributed by atoms with Crippen molar-refractivity contribution in [3.63, 3.8) is 0 Å². The van der Waals surface area contributed by atoms with Crippen molar-refractivity contribution in [3.8, 4) is 5.75 Å². The van der Waals surface area contributed by atoms with Crippen LogP contribution in [0.3, 0.4) is 0 Å². The van der Waals surface area contributed by atoms with E-state index < -0.39 is 0 Å². The second kappa shape index (κ2) is 11.9. The van der Waals surface area contributed by atoms with Gasteiger partial charge in [0.05, 0.1) is 22.6 Å². The molecule has 1 N–H and O–H groups in total. The molecule has 0 aliphatic carbocycles. The van der Waals surface area contributed by atoms with Gasteiger partial charge in [-0.25, -0.2) is 4.98 Å². The van der Waals surface area contributed by atoms with E-state index in [9.17, 15) is 4.79 Å². The van der Waals surface area contributed by atoms with Crippen LogP contribution < -0.4 is 10.1 Å². The van der Waals surface area contributed by atoms with Crippen molar-refractivity contribution in [2.75, 3.05) is 13.2 Å². The molecule has 4 aromatic rings. The molecule has 0 bridgehead atoms. The number of carbonyl (C=O) groups excluding carboxylic acids is 1. The zero-order valence-electron chi connectivity index (χ0n) is 20.4. The van der Waals surface area contributed by atoms with Gasteiger partial charge in [0, 0.05) is 18.5 Å². The van der Waals surface area contributed by atoms with E-state index in [0.717, 1.165) is 53.7 Å². The van der Waals surface area contributed by atoms with Crippen molar-refractivity contribution in [2.45, 2.75) is 46.1 Å². The Balaban J connectivity index is 1.28. The molecule has 0 saturated carbocycles. The average molecular weight is 490 g/mol. The lowest BCUT2D eigenvalue weighted by Gasteiger charge is -2.12. The van der Waals surface area contributed by atoms with Crippen LogP contribution in [0.1, 0.15) is 46.6 Å². The molecule has 0 atom stereocenters. The minimum Gasteiger partial charge on any atom is -0.490 e. The van der Waals surface area contributed by atoms with Crippen LogP contribution in [0.4, 0.5) is 0 Å². The number of para-hydroxylation sites is 3. The van der Waals surface area contributed by atoms with Crippen LogP contribution in [-0.4, -0.2) is 28.6 Å². The number of halogens is 1. The molecule has 182 valence electrons. The fraction of sp³-hybridized carbons (Fsp3) is 0.310. The molecule has 0 aliphatic heterocycles. The first kappa shape index (κ1) is 24.8. The van der Waals surface area contributed by atoms with E-state index in [-0.39, 0.29) is 5.91 Å². The zero-order chi connectivity index (χ0) is 24.6. The summed E-state index contributed by atoms with van der Waals surface area (Å²) in [4.78, 5) is 17.3. The normalized spacial score (nSPS) is 11.1. The van der Waals surface area contributed by atoms with Crippen LogP contribution in [0.2, 0.25) is 5.02 Å². The largest absolute Gasteiger partial charge is 0.490 e. The molecule has 0 saturated heterocycles. The molecule has 1 amide bonds.